The van der Waals surface area contributed by atoms with Crippen molar-refractivity contribution in [2.75, 3.05) is 7.11 Å². The Hall–Kier alpha value is -2.01. The van der Waals surface area contributed by atoms with Gasteiger partial charge in [0.25, 0.3) is 0 Å². The number of ether oxygens (including phenoxy) is 1. The van der Waals surface area contributed by atoms with Crippen molar-refractivity contribution in [2.24, 2.45) is 0 Å². The molecule has 4 nitrogen and oxygen atoms in total. The summed E-state index contributed by atoms with van der Waals surface area (Å²) < 4.78 is 17.7. The van der Waals surface area contributed by atoms with Gasteiger partial charge in [-0.3, -0.25) is 4.79 Å². The van der Waals surface area contributed by atoms with Gasteiger partial charge in [-0.2, -0.15) is 0 Å². The molecule has 0 radical (unpaired) electrons. The van der Waals surface area contributed by atoms with Crippen LogP contribution in [0.3, 0.4) is 0 Å². The van der Waals surface area contributed by atoms with Crippen LogP contribution in [0.2, 0.25) is 5.02 Å². The summed E-state index contributed by atoms with van der Waals surface area (Å²) in [6.45, 7) is 0. The number of benzene rings is 1. The third kappa shape index (κ3) is 3.26. The second-order valence-electron chi connectivity index (χ2n) is 3.80. The molecule has 0 unspecified atom stereocenters. The number of rotatable bonds is 4. The van der Waals surface area contributed by atoms with Gasteiger partial charge in [-0.05, 0) is 23.8 Å². The molecule has 98 valence electrons. The Morgan fingerprint density at radius 2 is 2.11 bits per heavy atom. The third-order valence-corrected chi connectivity index (χ3v) is 2.85. The fraction of sp³-hybridized carbons (Fsp3) is 0.154. The molecule has 0 atom stereocenters. The number of hydrogen-bond donors (Lipinski definition) is 0. The lowest BCUT2D eigenvalue weighted by molar-refractivity contribution is 0.0987. The van der Waals surface area contributed by atoms with Crippen molar-refractivity contribution in [1.29, 1.82) is 0 Å². The number of ketones is 1. The summed E-state index contributed by atoms with van der Waals surface area (Å²) in [4.78, 5) is 12.0. The number of Topliss-reactive ketones (excluding diaryl/α,β-unsaturated/α-hetero) is 1. The van der Waals surface area contributed by atoms with Crippen LogP contribution >= 0.6 is 11.6 Å². The molecule has 0 amide bonds. The van der Waals surface area contributed by atoms with Crippen molar-refractivity contribution in [2.45, 2.75) is 6.42 Å². The molecule has 0 fully saturated rings. The number of aromatic nitrogens is 2. The second-order valence-corrected chi connectivity index (χ2v) is 4.20. The average molecular weight is 281 g/mol. The minimum atomic E-state index is -0.439. The van der Waals surface area contributed by atoms with Crippen LogP contribution in [0.1, 0.15) is 16.1 Å². The fourth-order valence-corrected chi connectivity index (χ4v) is 1.74. The highest BCUT2D eigenvalue weighted by Gasteiger charge is 2.12. The predicted octanol–water partition coefficient (Wildman–Crippen LogP) is 2.70. The van der Waals surface area contributed by atoms with Gasteiger partial charge in [0, 0.05) is 17.5 Å². The number of methoxy groups -OCH3 is 1. The Balaban J connectivity index is 2.15. The molecule has 0 aliphatic rings. The summed E-state index contributed by atoms with van der Waals surface area (Å²) in [6.07, 6.45) is 0.0418. The molecular weight excluding hydrogens is 271 g/mol. The van der Waals surface area contributed by atoms with E-state index in [1.165, 1.54) is 31.4 Å². The Morgan fingerprint density at radius 1 is 1.32 bits per heavy atom. The maximum absolute atomic E-state index is 12.9. The Morgan fingerprint density at radius 3 is 2.68 bits per heavy atom. The highest BCUT2D eigenvalue weighted by atomic mass is 35.5. The first kappa shape index (κ1) is 13.4. The quantitative estimate of drug-likeness (QED) is 0.808. The van der Waals surface area contributed by atoms with E-state index >= 15 is 0 Å². The number of carbonyl (C=O) groups excluding carboxylic acids is 1. The third-order valence-electron chi connectivity index (χ3n) is 2.50. The molecule has 0 aliphatic carbocycles. The Labute approximate surface area is 114 Å². The van der Waals surface area contributed by atoms with Gasteiger partial charge in [-0.25, -0.2) is 4.39 Å². The standard InChI is InChI=1S/C13H10ClFN2O2/c1-19-13-5-4-11(16-17-13)12(18)6-8-2-3-9(15)7-10(8)14/h2-5,7H,6H2,1H3. The first-order valence-electron chi connectivity index (χ1n) is 5.45. The van der Waals surface area contributed by atoms with Crippen molar-refractivity contribution in [3.8, 4) is 5.88 Å². The zero-order chi connectivity index (χ0) is 13.8. The SMILES string of the molecule is COc1ccc(C(=O)Cc2ccc(F)cc2Cl)nn1. The highest BCUT2D eigenvalue weighted by Crippen LogP contribution is 2.19. The van der Waals surface area contributed by atoms with Crippen molar-refractivity contribution in [3.05, 3.63) is 52.4 Å². The number of nitrogens with zero attached hydrogens (tertiary/aromatic N) is 2. The van der Waals surface area contributed by atoms with Gasteiger partial charge in [0.2, 0.25) is 5.88 Å². The van der Waals surface area contributed by atoms with Crippen molar-refractivity contribution in [1.82, 2.24) is 10.2 Å². The minimum absolute atomic E-state index is 0.0418. The molecule has 1 aromatic heterocycles. The molecule has 0 N–H and O–H groups in total. The van der Waals surface area contributed by atoms with Crippen LogP contribution in [-0.4, -0.2) is 23.1 Å². The topological polar surface area (TPSA) is 52.1 Å². The van der Waals surface area contributed by atoms with Gasteiger partial charge in [0.15, 0.2) is 5.78 Å². The normalized spacial score (nSPS) is 10.3. The number of carbonyl (C=O) groups is 1. The molecule has 0 spiro atoms. The number of hydrogen-bond acceptors (Lipinski definition) is 4. The summed E-state index contributed by atoms with van der Waals surface area (Å²) in [7, 11) is 1.46. The average Bonchev–Trinajstić information content (AvgIpc) is 2.42. The molecule has 0 aliphatic heterocycles. The van der Waals surface area contributed by atoms with E-state index in [4.69, 9.17) is 16.3 Å². The van der Waals surface area contributed by atoms with E-state index in [0.717, 1.165) is 0 Å². The molecule has 1 aromatic carbocycles. The van der Waals surface area contributed by atoms with E-state index in [-0.39, 0.29) is 22.9 Å². The molecule has 0 saturated carbocycles. The Bertz CT molecular complexity index is 602. The fourth-order valence-electron chi connectivity index (χ4n) is 1.51. The summed E-state index contributed by atoms with van der Waals surface area (Å²) in [6, 6.07) is 6.97. The lowest BCUT2D eigenvalue weighted by Gasteiger charge is -2.04. The van der Waals surface area contributed by atoms with Gasteiger partial charge >= 0.3 is 0 Å². The minimum Gasteiger partial charge on any atom is -0.480 e. The summed E-state index contributed by atoms with van der Waals surface area (Å²) in [5.41, 5.74) is 0.756. The van der Waals surface area contributed by atoms with E-state index < -0.39 is 5.82 Å². The van der Waals surface area contributed by atoms with E-state index in [1.54, 1.807) is 6.07 Å². The molecule has 0 bridgehead atoms. The smallest absolute Gasteiger partial charge is 0.233 e. The van der Waals surface area contributed by atoms with Crippen LogP contribution in [0.25, 0.3) is 0 Å². The molecule has 1 heterocycles. The highest BCUT2D eigenvalue weighted by molar-refractivity contribution is 6.31. The van der Waals surface area contributed by atoms with Crippen molar-refractivity contribution < 1.29 is 13.9 Å². The van der Waals surface area contributed by atoms with E-state index in [1.807, 2.05) is 0 Å². The maximum Gasteiger partial charge on any atom is 0.233 e. The zero-order valence-electron chi connectivity index (χ0n) is 10.1. The molecule has 2 aromatic rings. The predicted molar refractivity (Wildman–Crippen MR) is 68.0 cm³/mol. The van der Waals surface area contributed by atoms with Crippen LogP contribution in [0.15, 0.2) is 30.3 Å². The van der Waals surface area contributed by atoms with Crippen molar-refractivity contribution >= 4 is 17.4 Å². The summed E-state index contributed by atoms with van der Waals surface area (Å²) >= 11 is 5.86. The Kier molecular flexibility index (Phi) is 4.06. The van der Waals surface area contributed by atoms with E-state index in [0.29, 0.717) is 11.4 Å². The van der Waals surface area contributed by atoms with Gasteiger partial charge in [-0.1, -0.05) is 17.7 Å². The lowest BCUT2D eigenvalue weighted by atomic mass is 10.1. The van der Waals surface area contributed by atoms with Gasteiger partial charge in [0.1, 0.15) is 11.5 Å². The number of halogens is 2. The molecule has 6 heteroatoms. The second kappa shape index (κ2) is 5.75. The van der Waals surface area contributed by atoms with E-state index in [9.17, 15) is 9.18 Å². The van der Waals surface area contributed by atoms with E-state index in [2.05, 4.69) is 10.2 Å². The van der Waals surface area contributed by atoms with Crippen LogP contribution in [0, 0.1) is 5.82 Å². The van der Waals surface area contributed by atoms with Crippen molar-refractivity contribution in [3.63, 3.8) is 0 Å². The maximum atomic E-state index is 12.9. The molecule has 0 saturated heterocycles. The summed E-state index contributed by atoms with van der Waals surface area (Å²) in [5, 5.41) is 7.68. The largest absolute Gasteiger partial charge is 0.480 e. The van der Waals surface area contributed by atoms with Crippen LogP contribution in [0.5, 0.6) is 5.88 Å². The zero-order valence-corrected chi connectivity index (χ0v) is 10.8. The van der Waals surface area contributed by atoms with Crippen LogP contribution in [0.4, 0.5) is 4.39 Å². The van der Waals surface area contributed by atoms with Gasteiger partial charge in [-0.15, -0.1) is 10.2 Å². The van der Waals surface area contributed by atoms with Crippen LogP contribution in [-0.2, 0) is 6.42 Å². The molecular formula is C13H10ClFN2O2. The lowest BCUT2D eigenvalue weighted by Crippen LogP contribution is -2.08. The summed E-state index contributed by atoms with van der Waals surface area (Å²) in [5.74, 6) is -0.356. The monoisotopic (exact) mass is 280 g/mol. The van der Waals surface area contributed by atoms with Gasteiger partial charge in [0.05, 0.1) is 7.11 Å². The first-order valence-corrected chi connectivity index (χ1v) is 5.83. The molecule has 2 rings (SSSR count). The van der Waals surface area contributed by atoms with Gasteiger partial charge < -0.3 is 4.74 Å². The van der Waals surface area contributed by atoms with Crippen LogP contribution < -0.4 is 4.74 Å². The molecule has 19 heavy (non-hydrogen) atoms. The first-order chi connectivity index (χ1) is 9.10.